The number of benzene rings is 1. The average molecular weight is 219 g/mol. The van der Waals surface area contributed by atoms with Crippen LogP contribution in [-0.4, -0.2) is 17.1 Å². The standard InChI is InChI=1S/C13H17NO2/c1-8-7-11(5-6-12(8)15)13(16)14-9(2)10-3-4-10/h5-7,9-10,15H,3-4H2,1-2H3,(H,14,16). The van der Waals surface area contributed by atoms with Crippen LogP contribution in [0.15, 0.2) is 18.2 Å². The maximum absolute atomic E-state index is 11.9. The summed E-state index contributed by atoms with van der Waals surface area (Å²) in [4.78, 5) is 11.9. The second-order valence-corrected chi connectivity index (χ2v) is 4.60. The summed E-state index contributed by atoms with van der Waals surface area (Å²) in [5.74, 6) is 0.830. The van der Waals surface area contributed by atoms with E-state index in [1.165, 1.54) is 12.8 Å². The second-order valence-electron chi connectivity index (χ2n) is 4.60. The monoisotopic (exact) mass is 219 g/mol. The van der Waals surface area contributed by atoms with Gasteiger partial charge < -0.3 is 10.4 Å². The first-order chi connectivity index (χ1) is 7.58. The molecule has 1 fully saturated rings. The Bertz CT molecular complexity index is 410. The number of phenolic OH excluding ortho intramolecular Hbond substituents is 1. The van der Waals surface area contributed by atoms with Crippen molar-refractivity contribution in [2.45, 2.75) is 32.7 Å². The van der Waals surface area contributed by atoms with E-state index >= 15 is 0 Å². The van der Waals surface area contributed by atoms with Gasteiger partial charge in [-0.15, -0.1) is 0 Å². The van der Waals surface area contributed by atoms with E-state index in [-0.39, 0.29) is 17.7 Å². The van der Waals surface area contributed by atoms with Gasteiger partial charge in [0.2, 0.25) is 0 Å². The summed E-state index contributed by atoms with van der Waals surface area (Å²) in [5, 5.41) is 12.4. The molecule has 1 amide bonds. The van der Waals surface area contributed by atoms with Crippen LogP contribution in [0.5, 0.6) is 5.75 Å². The first kappa shape index (κ1) is 11.0. The number of phenols is 1. The molecule has 0 heterocycles. The number of nitrogens with one attached hydrogen (secondary N) is 1. The molecule has 0 spiro atoms. The van der Waals surface area contributed by atoms with E-state index in [0.717, 1.165) is 5.56 Å². The number of aryl methyl sites for hydroxylation is 1. The largest absolute Gasteiger partial charge is 0.508 e. The molecular formula is C13H17NO2. The highest BCUT2D eigenvalue weighted by molar-refractivity contribution is 5.94. The highest BCUT2D eigenvalue weighted by Crippen LogP contribution is 2.32. The van der Waals surface area contributed by atoms with Crippen molar-refractivity contribution in [3.8, 4) is 5.75 Å². The molecule has 1 unspecified atom stereocenters. The molecule has 0 aliphatic heterocycles. The van der Waals surface area contributed by atoms with Crippen LogP contribution in [0.3, 0.4) is 0 Å². The molecule has 0 bridgehead atoms. The molecule has 0 saturated heterocycles. The van der Waals surface area contributed by atoms with Crippen LogP contribution in [0.2, 0.25) is 0 Å². The molecule has 86 valence electrons. The maximum atomic E-state index is 11.9. The van der Waals surface area contributed by atoms with E-state index in [9.17, 15) is 9.90 Å². The number of rotatable bonds is 3. The minimum Gasteiger partial charge on any atom is -0.508 e. The van der Waals surface area contributed by atoms with Gasteiger partial charge in [-0.3, -0.25) is 4.79 Å². The molecule has 1 aliphatic rings. The van der Waals surface area contributed by atoms with Crippen LogP contribution in [0.1, 0.15) is 35.7 Å². The first-order valence-corrected chi connectivity index (χ1v) is 5.68. The molecule has 2 rings (SSSR count). The molecule has 1 aliphatic carbocycles. The van der Waals surface area contributed by atoms with Gasteiger partial charge in [-0.1, -0.05) is 0 Å². The number of hydrogen-bond acceptors (Lipinski definition) is 2. The lowest BCUT2D eigenvalue weighted by Crippen LogP contribution is -2.33. The lowest BCUT2D eigenvalue weighted by molar-refractivity contribution is 0.0936. The Balaban J connectivity index is 2.05. The van der Waals surface area contributed by atoms with Crippen LogP contribution in [0.25, 0.3) is 0 Å². The zero-order chi connectivity index (χ0) is 11.7. The van der Waals surface area contributed by atoms with Gasteiger partial charge in [0.15, 0.2) is 0 Å². The molecule has 1 atom stereocenters. The van der Waals surface area contributed by atoms with Crippen molar-refractivity contribution in [3.63, 3.8) is 0 Å². The van der Waals surface area contributed by atoms with E-state index in [0.29, 0.717) is 11.5 Å². The Morgan fingerprint density at radius 1 is 1.50 bits per heavy atom. The minimum absolute atomic E-state index is 0.0532. The molecule has 1 saturated carbocycles. The van der Waals surface area contributed by atoms with Gasteiger partial charge in [-0.25, -0.2) is 0 Å². The molecule has 16 heavy (non-hydrogen) atoms. The Labute approximate surface area is 95.5 Å². The summed E-state index contributed by atoms with van der Waals surface area (Å²) in [5.41, 5.74) is 1.34. The van der Waals surface area contributed by atoms with Crippen molar-refractivity contribution < 1.29 is 9.90 Å². The SMILES string of the molecule is Cc1cc(C(=O)NC(C)C2CC2)ccc1O. The third kappa shape index (κ3) is 2.35. The van der Waals surface area contributed by atoms with E-state index in [4.69, 9.17) is 0 Å². The van der Waals surface area contributed by atoms with Crippen LogP contribution in [0, 0.1) is 12.8 Å². The molecular weight excluding hydrogens is 202 g/mol. The van der Waals surface area contributed by atoms with Gasteiger partial charge in [-0.05, 0) is 56.4 Å². The van der Waals surface area contributed by atoms with Crippen molar-refractivity contribution in [1.29, 1.82) is 0 Å². The van der Waals surface area contributed by atoms with E-state index in [1.54, 1.807) is 25.1 Å². The normalized spacial score (nSPS) is 16.9. The molecule has 1 aromatic carbocycles. The third-order valence-corrected chi connectivity index (χ3v) is 3.15. The van der Waals surface area contributed by atoms with Crippen LogP contribution in [0.4, 0.5) is 0 Å². The summed E-state index contributed by atoms with van der Waals surface area (Å²) in [6.45, 7) is 3.83. The van der Waals surface area contributed by atoms with Crippen molar-refractivity contribution in [3.05, 3.63) is 29.3 Å². The fraction of sp³-hybridized carbons (Fsp3) is 0.462. The molecule has 0 aromatic heterocycles. The fourth-order valence-electron chi connectivity index (χ4n) is 1.80. The molecule has 3 heteroatoms. The third-order valence-electron chi connectivity index (χ3n) is 3.15. The van der Waals surface area contributed by atoms with Crippen LogP contribution >= 0.6 is 0 Å². The lowest BCUT2D eigenvalue weighted by Gasteiger charge is -2.13. The number of hydrogen-bond donors (Lipinski definition) is 2. The van der Waals surface area contributed by atoms with Gasteiger partial charge >= 0.3 is 0 Å². The highest BCUT2D eigenvalue weighted by Gasteiger charge is 2.29. The number of aromatic hydroxyl groups is 1. The summed E-state index contributed by atoms with van der Waals surface area (Å²) >= 11 is 0. The average Bonchev–Trinajstić information content (AvgIpc) is 3.05. The summed E-state index contributed by atoms with van der Waals surface area (Å²) in [6.07, 6.45) is 2.44. The Hall–Kier alpha value is -1.51. The van der Waals surface area contributed by atoms with Crippen molar-refractivity contribution in [1.82, 2.24) is 5.32 Å². The topological polar surface area (TPSA) is 49.3 Å². The summed E-state index contributed by atoms with van der Waals surface area (Å²) in [7, 11) is 0. The van der Waals surface area contributed by atoms with E-state index in [2.05, 4.69) is 5.32 Å². The van der Waals surface area contributed by atoms with E-state index in [1.807, 2.05) is 6.92 Å². The number of amides is 1. The van der Waals surface area contributed by atoms with Gasteiger partial charge in [0.05, 0.1) is 0 Å². The number of carbonyl (C=O) groups is 1. The van der Waals surface area contributed by atoms with Crippen molar-refractivity contribution in [2.75, 3.05) is 0 Å². The fourth-order valence-corrected chi connectivity index (χ4v) is 1.80. The second kappa shape index (κ2) is 4.16. The van der Waals surface area contributed by atoms with Gasteiger partial charge in [-0.2, -0.15) is 0 Å². The quantitative estimate of drug-likeness (QED) is 0.819. The van der Waals surface area contributed by atoms with Crippen molar-refractivity contribution in [2.24, 2.45) is 5.92 Å². The molecule has 0 radical (unpaired) electrons. The van der Waals surface area contributed by atoms with Gasteiger partial charge in [0.25, 0.3) is 5.91 Å². The van der Waals surface area contributed by atoms with Crippen molar-refractivity contribution >= 4 is 5.91 Å². The van der Waals surface area contributed by atoms with Gasteiger partial charge in [0.1, 0.15) is 5.75 Å². The predicted octanol–water partition coefficient (Wildman–Crippen LogP) is 2.23. The lowest BCUT2D eigenvalue weighted by atomic mass is 10.1. The van der Waals surface area contributed by atoms with Crippen LogP contribution < -0.4 is 5.32 Å². The smallest absolute Gasteiger partial charge is 0.251 e. The molecule has 3 nitrogen and oxygen atoms in total. The predicted molar refractivity (Wildman–Crippen MR) is 62.5 cm³/mol. The molecule has 2 N–H and O–H groups in total. The zero-order valence-corrected chi connectivity index (χ0v) is 9.66. The summed E-state index contributed by atoms with van der Waals surface area (Å²) in [6, 6.07) is 5.18. The first-order valence-electron chi connectivity index (χ1n) is 5.68. The van der Waals surface area contributed by atoms with Gasteiger partial charge in [0, 0.05) is 11.6 Å². The van der Waals surface area contributed by atoms with E-state index < -0.39 is 0 Å². The Morgan fingerprint density at radius 2 is 2.19 bits per heavy atom. The minimum atomic E-state index is -0.0532. The van der Waals surface area contributed by atoms with Crippen LogP contribution in [-0.2, 0) is 0 Å². The summed E-state index contributed by atoms with van der Waals surface area (Å²) < 4.78 is 0. The maximum Gasteiger partial charge on any atom is 0.251 e. The number of carbonyl (C=O) groups excluding carboxylic acids is 1. The zero-order valence-electron chi connectivity index (χ0n) is 9.66. The highest BCUT2D eigenvalue weighted by atomic mass is 16.3. The Kier molecular flexibility index (Phi) is 2.86. The molecule has 1 aromatic rings. The Morgan fingerprint density at radius 3 is 2.75 bits per heavy atom.